The van der Waals surface area contributed by atoms with Crippen LogP contribution in [0.2, 0.25) is 0 Å². The number of rotatable bonds is 5. The lowest BCUT2D eigenvalue weighted by atomic mass is 10.1. The van der Waals surface area contributed by atoms with Crippen molar-refractivity contribution in [3.8, 4) is 0 Å². The molecule has 1 aromatic carbocycles. The van der Waals surface area contributed by atoms with Crippen LogP contribution in [0.25, 0.3) is 0 Å². The summed E-state index contributed by atoms with van der Waals surface area (Å²) in [5, 5.41) is 5.94. The summed E-state index contributed by atoms with van der Waals surface area (Å²) >= 11 is 0. The third-order valence-electron chi connectivity index (χ3n) is 4.26. The van der Waals surface area contributed by atoms with Gasteiger partial charge < -0.3 is 10.6 Å². The second-order valence-electron chi connectivity index (χ2n) is 7.64. The molecule has 1 heterocycles. The lowest BCUT2D eigenvalue weighted by Gasteiger charge is -2.38. The van der Waals surface area contributed by atoms with Crippen LogP contribution >= 0.6 is 0 Å². The summed E-state index contributed by atoms with van der Waals surface area (Å²) in [7, 11) is 0. The first-order chi connectivity index (χ1) is 11.7. The molecule has 6 heteroatoms. The molecule has 1 fully saturated rings. The molecular weight excluding hydrogens is 316 g/mol. The first-order valence-corrected chi connectivity index (χ1v) is 8.88. The van der Waals surface area contributed by atoms with E-state index in [1.807, 2.05) is 58.0 Å². The number of hydrogen-bond donors (Lipinski definition) is 2. The van der Waals surface area contributed by atoms with E-state index in [4.69, 9.17) is 0 Å². The Bertz CT molecular complexity index is 575. The van der Waals surface area contributed by atoms with Crippen molar-refractivity contribution in [2.45, 2.75) is 39.3 Å². The van der Waals surface area contributed by atoms with Gasteiger partial charge >= 0.3 is 0 Å². The number of carbonyl (C=O) groups excluding carboxylic acids is 2. The molecule has 138 valence electrons. The number of anilines is 1. The van der Waals surface area contributed by atoms with Crippen LogP contribution in [0.5, 0.6) is 0 Å². The van der Waals surface area contributed by atoms with Crippen molar-refractivity contribution in [2.75, 3.05) is 38.0 Å². The van der Waals surface area contributed by atoms with Crippen LogP contribution in [0.3, 0.4) is 0 Å². The number of hydrogen-bond acceptors (Lipinski definition) is 4. The van der Waals surface area contributed by atoms with Gasteiger partial charge in [-0.15, -0.1) is 0 Å². The van der Waals surface area contributed by atoms with E-state index in [1.54, 1.807) is 0 Å². The first-order valence-electron chi connectivity index (χ1n) is 8.88. The molecule has 1 saturated heterocycles. The Morgan fingerprint density at radius 3 is 2.24 bits per heavy atom. The highest BCUT2D eigenvalue weighted by molar-refractivity contribution is 5.92. The van der Waals surface area contributed by atoms with E-state index in [0.29, 0.717) is 6.54 Å². The average molecular weight is 346 g/mol. The van der Waals surface area contributed by atoms with Crippen LogP contribution in [0.15, 0.2) is 30.3 Å². The zero-order chi connectivity index (χ0) is 18.4. The monoisotopic (exact) mass is 346 g/mol. The van der Waals surface area contributed by atoms with E-state index in [2.05, 4.69) is 20.4 Å². The lowest BCUT2D eigenvalue weighted by molar-refractivity contribution is -0.128. The van der Waals surface area contributed by atoms with Crippen LogP contribution in [0, 0.1) is 0 Å². The SMILES string of the molecule is C[C@H](C(=O)NC(C)(C)C)N1CCN(CC(=O)Nc2ccccc2)CC1. The molecule has 0 aliphatic carbocycles. The van der Waals surface area contributed by atoms with Gasteiger partial charge in [-0.25, -0.2) is 0 Å². The molecule has 0 unspecified atom stereocenters. The largest absolute Gasteiger partial charge is 0.350 e. The summed E-state index contributed by atoms with van der Waals surface area (Å²) in [6.45, 7) is 11.4. The van der Waals surface area contributed by atoms with Gasteiger partial charge in [0.25, 0.3) is 0 Å². The molecule has 6 nitrogen and oxygen atoms in total. The maximum atomic E-state index is 12.3. The van der Waals surface area contributed by atoms with Crippen molar-refractivity contribution in [2.24, 2.45) is 0 Å². The molecular formula is C19H30N4O2. The summed E-state index contributed by atoms with van der Waals surface area (Å²) in [5.74, 6) is 0.0564. The Labute approximate surface area is 150 Å². The van der Waals surface area contributed by atoms with E-state index in [9.17, 15) is 9.59 Å². The van der Waals surface area contributed by atoms with Crippen LogP contribution in [-0.4, -0.2) is 65.9 Å². The molecule has 2 amide bonds. The minimum Gasteiger partial charge on any atom is -0.350 e. The quantitative estimate of drug-likeness (QED) is 0.849. The molecule has 1 aliphatic heterocycles. The number of carbonyl (C=O) groups is 2. The summed E-state index contributed by atoms with van der Waals surface area (Å²) < 4.78 is 0. The van der Waals surface area contributed by atoms with Gasteiger partial charge in [-0.1, -0.05) is 18.2 Å². The molecule has 0 radical (unpaired) electrons. The number of benzene rings is 1. The molecule has 2 N–H and O–H groups in total. The Morgan fingerprint density at radius 1 is 1.08 bits per heavy atom. The summed E-state index contributed by atoms with van der Waals surface area (Å²) in [6, 6.07) is 9.33. The van der Waals surface area contributed by atoms with Crippen molar-refractivity contribution >= 4 is 17.5 Å². The summed E-state index contributed by atoms with van der Waals surface area (Å²) in [6.07, 6.45) is 0. The Kier molecular flexibility index (Phi) is 6.56. The predicted molar refractivity (Wildman–Crippen MR) is 100 cm³/mol. The van der Waals surface area contributed by atoms with Gasteiger partial charge in [-0.3, -0.25) is 19.4 Å². The van der Waals surface area contributed by atoms with Crippen molar-refractivity contribution in [3.05, 3.63) is 30.3 Å². The molecule has 0 saturated carbocycles. The van der Waals surface area contributed by atoms with Crippen LogP contribution in [0.1, 0.15) is 27.7 Å². The summed E-state index contributed by atoms with van der Waals surface area (Å²) in [4.78, 5) is 28.7. The zero-order valence-electron chi connectivity index (χ0n) is 15.7. The highest BCUT2D eigenvalue weighted by Gasteiger charge is 2.28. The van der Waals surface area contributed by atoms with E-state index in [1.165, 1.54) is 0 Å². The van der Waals surface area contributed by atoms with Crippen molar-refractivity contribution in [3.63, 3.8) is 0 Å². The number of piperazine rings is 1. The van der Waals surface area contributed by atoms with Crippen LogP contribution < -0.4 is 10.6 Å². The maximum absolute atomic E-state index is 12.3. The van der Waals surface area contributed by atoms with Gasteiger partial charge in [-0.05, 0) is 39.8 Å². The molecule has 1 aromatic rings. The van der Waals surface area contributed by atoms with Gasteiger partial charge in [0.15, 0.2) is 0 Å². The van der Waals surface area contributed by atoms with Gasteiger partial charge in [0.2, 0.25) is 11.8 Å². The van der Waals surface area contributed by atoms with Crippen LogP contribution in [-0.2, 0) is 9.59 Å². The normalized spacial score (nSPS) is 17.8. The molecule has 2 rings (SSSR count). The molecule has 0 bridgehead atoms. The number of amides is 2. The van der Waals surface area contributed by atoms with Crippen LogP contribution in [0.4, 0.5) is 5.69 Å². The molecule has 0 spiro atoms. The Hall–Kier alpha value is -1.92. The van der Waals surface area contributed by atoms with E-state index < -0.39 is 0 Å². The Balaban J connectivity index is 1.75. The standard InChI is InChI=1S/C19H30N4O2/c1-15(18(25)21-19(2,3)4)23-12-10-22(11-13-23)14-17(24)20-16-8-6-5-7-9-16/h5-9,15H,10-14H2,1-4H3,(H,20,24)(H,21,25)/t15-/m1/s1. The second-order valence-corrected chi connectivity index (χ2v) is 7.64. The Morgan fingerprint density at radius 2 is 1.68 bits per heavy atom. The fraction of sp³-hybridized carbons (Fsp3) is 0.579. The van der Waals surface area contributed by atoms with Gasteiger partial charge in [0, 0.05) is 37.4 Å². The lowest BCUT2D eigenvalue weighted by Crippen LogP contribution is -2.56. The molecule has 25 heavy (non-hydrogen) atoms. The topological polar surface area (TPSA) is 64.7 Å². The maximum Gasteiger partial charge on any atom is 0.238 e. The van der Waals surface area contributed by atoms with Crippen molar-refractivity contribution in [1.82, 2.24) is 15.1 Å². The minimum atomic E-state index is -0.220. The second kappa shape index (κ2) is 8.45. The fourth-order valence-electron chi connectivity index (χ4n) is 2.87. The molecule has 0 aromatic heterocycles. The van der Waals surface area contributed by atoms with E-state index in [-0.39, 0.29) is 23.4 Å². The van der Waals surface area contributed by atoms with Gasteiger partial charge in [0.05, 0.1) is 12.6 Å². The predicted octanol–water partition coefficient (Wildman–Crippen LogP) is 1.55. The van der Waals surface area contributed by atoms with Gasteiger partial charge in [-0.2, -0.15) is 0 Å². The minimum absolute atomic E-state index is 0.00169. The molecule has 1 aliphatic rings. The third-order valence-corrected chi connectivity index (χ3v) is 4.26. The fourth-order valence-corrected chi connectivity index (χ4v) is 2.87. The van der Waals surface area contributed by atoms with E-state index in [0.717, 1.165) is 31.9 Å². The zero-order valence-corrected chi connectivity index (χ0v) is 15.7. The number of para-hydroxylation sites is 1. The number of nitrogens with zero attached hydrogens (tertiary/aromatic N) is 2. The first kappa shape index (κ1) is 19.4. The highest BCUT2D eigenvalue weighted by atomic mass is 16.2. The van der Waals surface area contributed by atoms with Crippen molar-refractivity contribution < 1.29 is 9.59 Å². The van der Waals surface area contributed by atoms with Gasteiger partial charge in [0.1, 0.15) is 0 Å². The van der Waals surface area contributed by atoms with Crippen molar-refractivity contribution in [1.29, 1.82) is 0 Å². The third kappa shape index (κ3) is 6.48. The van der Waals surface area contributed by atoms with E-state index >= 15 is 0 Å². The summed E-state index contributed by atoms with van der Waals surface area (Å²) in [5.41, 5.74) is 0.599. The average Bonchev–Trinajstić information content (AvgIpc) is 2.54. The highest BCUT2D eigenvalue weighted by Crippen LogP contribution is 2.10. The smallest absolute Gasteiger partial charge is 0.238 e. The molecule has 1 atom stereocenters. The number of nitrogens with one attached hydrogen (secondary N) is 2.